The van der Waals surface area contributed by atoms with Crippen LogP contribution in [0.15, 0.2) is 64.6 Å². The normalized spacial score (nSPS) is 19.5. The van der Waals surface area contributed by atoms with E-state index in [1.807, 2.05) is 47.4 Å². The Balaban J connectivity index is 1.46. The Morgan fingerprint density at radius 3 is 2.83 bits per heavy atom. The average molecular weight is 386 g/mol. The molecule has 2 aliphatic heterocycles. The molecule has 0 radical (unpaired) electrons. The summed E-state index contributed by atoms with van der Waals surface area (Å²) in [6, 6.07) is 13.2. The van der Waals surface area contributed by atoms with E-state index in [9.17, 15) is 4.79 Å². The maximum Gasteiger partial charge on any atom is 0.254 e. The Labute approximate surface area is 148 Å². The number of amides is 1. The largest absolute Gasteiger partial charge is 0.467 e. The number of nitrogens with one attached hydrogen (secondary N) is 1. The summed E-state index contributed by atoms with van der Waals surface area (Å²) in [7, 11) is 0. The molecule has 6 heteroatoms. The molecule has 4 rings (SSSR count). The molecule has 24 heavy (non-hydrogen) atoms. The number of nitrogens with zero attached hydrogens (tertiary/aromatic N) is 2. The second-order valence-electron chi connectivity index (χ2n) is 5.79. The summed E-state index contributed by atoms with van der Waals surface area (Å²) in [5.41, 5.74) is 2.51. The molecule has 2 aliphatic rings. The first-order valence-corrected chi connectivity index (χ1v) is 8.61. The van der Waals surface area contributed by atoms with E-state index in [0.29, 0.717) is 25.1 Å². The molecule has 3 heterocycles. The van der Waals surface area contributed by atoms with Gasteiger partial charge in [-0.05, 0) is 40.2 Å². The highest BCUT2D eigenvalue weighted by Gasteiger charge is 2.32. The molecule has 1 atom stereocenters. The highest BCUT2D eigenvalue weighted by atomic mass is 79.9. The van der Waals surface area contributed by atoms with Gasteiger partial charge in [0.25, 0.3) is 5.91 Å². The predicted molar refractivity (Wildman–Crippen MR) is 92.9 cm³/mol. The SMILES string of the molecule is O=C(c1ccccc1)N1CCC2=C(C1)NC(c1ccc(Br)cn1)O2. The highest BCUT2D eigenvalue weighted by Crippen LogP contribution is 2.31. The minimum Gasteiger partial charge on any atom is -0.467 e. The Morgan fingerprint density at radius 2 is 2.08 bits per heavy atom. The van der Waals surface area contributed by atoms with Crippen LogP contribution >= 0.6 is 15.9 Å². The number of carbonyl (C=O) groups is 1. The van der Waals surface area contributed by atoms with Crippen molar-refractivity contribution < 1.29 is 9.53 Å². The smallest absolute Gasteiger partial charge is 0.254 e. The molecular weight excluding hydrogens is 370 g/mol. The first-order valence-electron chi connectivity index (χ1n) is 7.82. The number of hydrogen-bond acceptors (Lipinski definition) is 4. The van der Waals surface area contributed by atoms with Gasteiger partial charge in [0.05, 0.1) is 12.2 Å². The summed E-state index contributed by atoms with van der Waals surface area (Å²) in [5.74, 6) is 0.982. The molecule has 0 spiro atoms. The summed E-state index contributed by atoms with van der Waals surface area (Å²) in [6.07, 6.45) is 2.19. The van der Waals surface area contributed by atoms with E-state index < -0.39 is 0 Å². The van der Waals surface area contributed by atoms with Gasteiger partial charge in [-0.15, -0.1) is 0 Å². The molecule has 1 N–H and O–H groups in total. The van der Waals surface area contributed by atoms with Crippen LogP contribution in [0.1, 0.15) is 28.7 Å². The van der Waals surface area contributed by atoms with Crippen LogP contribution in [0.3, 0.4) is 0 Å². The van der Waals surface area contributed by atoms with Crippen molar-refractivity contribution in [2.45, 2.75) is 12.6 Å². The molecular formula is C18H16BrN3O2. The molecule has 0 saturated carbocycles. The minimum absolute atomic E-state index is 0.0502. The van der Waals surface area contributed by atoms with Gasteiger partial charge in [-0.2, -0.15) is 0 Å². The van der Waals surface area contributed by atoms with Crippen molar-refractivity contribution in [2.75, 3.05) is 13.1 Å². The molecule has 0 saturated heterocycles. The van der Waals surface area contributed by atoms with Crippen LogP contribution in [-0.4, -0.2) is 28.9 Å². The number of rotatable bonds is 2. The fraction of sp³-hybridized carbons (Fsp3) is 0.222. The van der Waals surface area contributed by atoms with Crippen LogP contribution in [0.5, 0.6) is 0 Å². The van der Waals surface area contributed by atoms with E-state index in [2.05, 4.69) is 26.2 Å². The lowest BCUT2D eigenvalue weighted by atomic mass is 10.1. The number of halogens is 1. The van der Waals surface area contributed by atoms with Gasteiger partial charge in [0, 0.05) is 29.2 Å². The zero-order valence-electron chi connectivity index (χ0n) is 12.9. The Kier molecular flexibility index (Phi) is 3.98. The van der Waals surface area contributed by atoms with Gasteiger partial charge in [0.2, 0.25) is 6.23 Å². The molecule has 122 valence electrons. The predicted octanol–water partition coefficient (Wildman–Crippen LogP) is 3.22. The zero-order chi connectivity index (χ0) is 16.5. The molecule has 1 unspecified atom stereocenters. The molecule has 5 nitrogen and oxygen atoms in total. The summed E-state index contributed by atoms with van der Waals surface area (Å²) in [5, 5.41) is 3.35. The van der Waals surface area contributed by atoms with Crippen molar-refractivity contribution in [2.24, 2.45) is 0 Å². The topological polar surface area (TPSA) is 54.5 Å². The molecule has 0 fully saturated rings. The van der Waals surface area contributed by atoms with Crippen molar-refractivity contribution in [1.82, 2.24) is 15.2 Å². The highest BCUT2D eigenvalue weighted by molar-refractivity contribution is 9.10. The van der Waals surface area contributed by atoms with Crippen LogP contribution in [0.25, 0.3) is 0 Å². The second-order valence-corrected chi connectivity index (χ2v) is 6.70. The summed E-state index contributed by atoms with van der Waals surface area (Å²) < 4.78 is 6.91. The standard InChI is InChI=1S/C18H16BrN3O2/c19-13-6-7-14(20-10-13)17-21-15-11-22(9-8-16(15)24-17)18(23)12-4-2-1-3-5-12/h1-7,10,17,21H,8-9,11H2. The van der Waals surface area contributed by atoms with Gasteiger partial charge in [-0.3, -0.25) is 9.78 Å². The molecule has 1 aromatic heterocycles. The van der Waals surface area contributed by atoms with E-state index in [4.69, 9.17) is 4.74 Å². The third-order valence-electron chi connectivity index (χ3n) is 4.19. The first kappa shape index (κ1) is 15.2. The molecule has 0 bridgehead atoms. The van der Waals surface area contributed by atoms with Crippen LogP contribution in [-0.2, 0) is 4.74 Å². The van der Waals surface area contributed by atoms with E-state index in [1.165, 1.54) is 0 Å². The van der Waals surface area contributed by atoms with E-state index in [0.717, 1.165) is 21.6 Å². The first-order chi connectivity index (χ1) is 11.7. The Morgan fingerprint density at radius 1 is 1.25 bits per heavy atom. The lowest BCUT2D eigenvalue weighted by Crippen LogP contribution is -2.38. The fourth-order valence-corrected chi connectivity index (χ4v) is 3.18. The molecule has 0 aliphatic carbocycles. The van der Waals surface area contributed by atoms with Gasteiger partial charge in [0.15, 0.2) is 0 Å². The number of ether oxygens (including phenoxy) is 1. The number of pyridine rings is 1. The second kappa shape index (κ2) is 6.28. The maximum absolute atomic E-state index is 12.6. The van der Waals surface area contributed by atoms with E-state index in [1.54, 1.807) is 6.20 Å². The van der Waals surface area contributed by atoms with Crippen molar-refractivity contribution in [3.05, 3.63) is 75.8 Å². The lowest BCUT2D eigenvalue weighted by molar-refractivity contribution is 0.0745. The van der Waals surface area contributed by atoms with Crippen molar-refractivity contribution in [1.29, 1.82) is 0 Å². The van der Waals surface area contributed by atoms with Gasteiger partial charge < -0.3 is 15.0 Å². The van der Waals surface area contributed by atoms with Crippen LogP contribution < -0.4 is 5.32 Å². The fourth-order valence-electron chi connectivity index (χ4n) is 2.94. The number of carbonyl (C=O) groups excluding carboxylic acids is 1. The number of benzene rings is 1. The zero-order valence-corrected chi connectivity index (χ0v) is 14.5. The monoisotopic (exact) mass is 385 g/mol. The Bertz CT molecular complexity index is 790. The number of aromatic nitrogens is 1. The molecule has 1 aromatic carbocycles. The third-order valence-corrected chi connectivity index (χ3v) is 4.66. The summed E-state index contributed by atoms with van der Waals surface area (Å²) in [4.78, 5) is 18.8. The van der Waals surface area contributed by atoms with Gasteiger partial charge >= 0.3 is 0 Å². The van der Waals surface area contributed by atoms with E-state index in [-0.39, 0.29) is 12.1 Å². The quantitative estimate of drug-likeness (QED) is 0.861. The van der Waals surface area contributed by atoms with Gasteiger partial charge in [-0.25, -0.2) is 0 Å². The average Bonchev–Trinajstić information content (AvgIpc) is 3.05. The van der Waals surface area contributed by atoms with Gasteiger partial charge in [-0.1, -0.05) is 18.2 Å². The van der Waals surface area contributed by atoms with Crippen LogP contribution in [0.2, 0.25) is 0 Å². The van der Waals surface area contributed by atoms with Crippen LogP contribution in [0, 0.1) is 0 Å². The molecule has 1 amide bonds. The van der Waals surface area contributed by atoms with Crippen molar-refractivity contribution >= 4 is 21.8 Å². The summed E-state index contributed by atoms with van der Waals surface area (Å²) >= 11 is 3.38. The van der Waals surface area contributed by atoms with Crippen molar-refractivity contribution in [3.63, 3.8) is 0 Å². The third kappa shape index (κ3) is 2.89. The maximum atomic E-state index is 12.6. The summed E-state index contributed by atoms with van der Waals surface area (Å²) in [6.45, 7) is 1.20. The van der Waals surface area contributed by atoms with E-state index >= 15 is 0 Å². The number of hydrogen-bond donors (Lipinski definition) is 1. The lowest BCUT2D eigenvalue weighted by Gasteiger charge is -2.26. The minimum atomic E-state index is -0.283. The van der Waals surface area contributed by atoms with Gasteiger partial charge in [0.1, 0.15) is 11.5 Å². The van der Waals surface area contributed by atoms with Crippen molar-refractivity contribution in [3.8, 4) is 0 Å². The van der Waals surface area contributed by atoms with Crippen LogP contribution in [0.4, 0.5) is 0 Å². The molecule has 2 aromatic rings. The Hall–Kier alpha value is -2.34.